The van der Waals surface area contributed by atoms with E-state index in [-0.39, 0.29) is 5.91 Å². The Morgan fingerprint density at radius 3 is 2.78 bits per heavy atom. The minimum atomic E-state index is 0.123. The van der Waals surface area contributed by atoms with Crippen LogP contribution in [0.4, 0.5) is 0 Å². The topological polar surface area (TPSA) is 75.6 Å². The van der Waals surface area contributed by atoms with Crippen LogP contribution in [-0.2, 0) is 4.79 Å². The fourth-order valence-corrected chi connectivity index (χ4v) is 5.19. The lowest BCUT2D eigenvalue weighted by Crippen LogP contribution is -2.48. The summed E-state index contributed by atoms with van der Waals surface area (Å²) in [5, 5.41) is 11.9. The van der Waals surface area contributed by atoms with E-state index in [9.17, 15) is 4.79 Å². The van der Waals surface area contributed by atoms with Crippen LogP contribution in [0.15, 0.2) is 30.5 Å². The molecule has 2 fully saturated rings. The summed E-state index contributed by atoms with van der Waals surface area (Å²) < 4.78 is 0. The molecule has 32 heavy (non-hydrogen) atoms. The summed E-state index contributed by atoms with van der Waals surface area (Å²) in [6.45, 7) is 10.6. The van der Waals surface area contributed by atoms with Gasteiger partial charge in [-0.3, -0.25) is 19.6 Å². The summed E-state index contributed by atoms with van der Waals surface area (Å²) in [6, 6.07) is 8.24. The minimum Gasteiger partial charge on any atom is -0.354 e. The van der Waals surface area contributed by atoms with Crippen LogP contribution in [0.2, 0.25) is 0 Å². The summed E-state index contributed by atoms with van der Waals surface area (Å²) in [5.41, 5.74) is 3.03. The number of benzene rings is 1. The van der Waals surface area contributed by atoms with Crippen molar-refractivity contribution in [2.24, 2.45) is 5.92 Å². The first-order chi connectivity index (χ1) is 15.5. The van der Waals surface area contributed by atoms with E-state index in [4.69, 9.17) is 5.41 Å². The van der Waals surface area contributed by atoms with Crippen molar-refractivity contribution >= 4 is 23.0 Å². The SMILES string of the molecule is C[C@@H]1C[C@@H](c2ccc(C=N)c3ncccc23)CN(CC(=O)NCCN2CCN(C)CC2)C1. The molecule has 1 aromatic carbocycles. The summed E-state index contributed by atoms with van der Waals surface area (Å²) in [7, 11) is 2.16. The van der Waals surface area contributed by atoms with Crippen molar-refractivity contribution in [3.05, 3.63) is 41.6 Å². The van der Waals surface area contributed by atoms with Crippen molar-refractivity contribution in [2.75, 3.05) is 66.0 Å². The third-order valence-electron chi connectivity index (χ3n) is 6.88. The molecule has 3 heterocycles. The van der Waals surface area contributed by atoms with Gasteiger partial charge in [-0.05, 0) is 36.9 Å². The Kier molecular flexibility index (Phi) is 7.50. The normalized spacial score (nSPS) is 23.3. The monoisotopic (exact) mass is 436 g/mol. The first-order valence-corrected chi connectivity index (χ1v) is 11.8. The second-order valence-corrected chi connectivity index (χ2v) is 9.51. The maximum Gasteiger partial charge on any atom is 0.234 e. The summed E-state index contributed by atoms with van der Waals surface area (Å²) in [5.74, 6) is 1.02. The number of likely N-dealkylation sites (tertiary alicyclic amines) is 1. The average molecular weight is 437 g/mol. The number of carbonyl (C=O) groups excluding carboxylic acids is 1. The highest BCUT2D eigenvalue weighted by atomic mass is 16.2. The number of nitrogens with zero attached hydrogens (tertiary/aromatic N) is 4. The molecule has 0 saturated carbocycles. The number of piperidine rings is 1. The Hall–Kier alpha value is -2.35. The van der Waals surface area contributed by atoms with E-state index in [1.165, 1.54) is 11.8 Å². The molecule has 0 radical (unpaired) electrons. The van der Waals surface area contributed by atoms with Gasteiger partial charge in [0.1, 0.15) is 0 Å². The molecule has 2 saturated heterocycles. The fraction of sp³-hybridized carbons (Fsp3) is 0.560. The molecular weight excluding hydrogens is 400 g/mol. The first kappa shape index (κ1) is 22.8. The quantitative estimate of drug-likeness (QED) is 0.650. The Bertz CT molecular complexity index is 939. The summed E-state index contributed by atoms with van der Waals surface area (Å²) in [6.07, 6.45) is 4.28. The molecule has 0 aliphatic carbocycles. The number of likely N-dealkylation sites (N-methyl/N-ethyl adjacent to an activating group) is 1. The molecule has 2 N–H and O–H groups in total. The van der Waals surface area contributed by atoms with Crippen molar-refractivity contribution in [3.8, 4) is 0 Å². The van der Waals surface area contributed by atoms with E-state index in [1.54, 1.807) is 6.20 Å². The average Bonchev–Trinajstić information content (AvgIpc) is 2.79. The number of piperazine rings is 1. The number of nitrogens with one attached hydrogen (secondary N) is 2. The van der Waals surface area contributed by atoms with Crippen LogP contribution in [0.5, 0.6) is 0 Å². The maximum absolute atomic E-state index is 12.6. The number of fused-ring (bicyclic) bond motifs is 1. The third-order valence-corrected chi connectivity index (χ3v) is 6.88. The maximum atomic E-state index is 12.6. The van der Waals surface area contributed by atoms with Gasteiger partial charge in [0.25, 0.3) is 0 Å². The predicted molar refractivity (Wildman–Crippen MR) is 130 cm³/mol. The molecular formula is C25H36N6O. The molecule has 7 nitrogen and oxygen atoms in total. The van der Waals surface area contributed by atoms with E-state index in [0.717, 1.165) is 75.2 Å². The van der Waals surface area contributed by atoms with Crippen LogP contribution >= 0.6 is 0 Å². The standard InChI is InChI=1S/C25H36N6O/c1-19-14-21(22-6-5-20(15-26)25-23(22)4-3-7-28-25)17-31(16-19)18-24(32)27-8-9-30-12-10-29(2)11-13-30/h3-7,15,19,21,26H,8-14,16-18H2,1-2H3,(H,27,32)/t19-,21-/m1/s1. The van der Waals surface area contributed by atoms with Gasteiger partial charge in [0.2, 0.25) is 5.91 Å². The second kappa shape index (κ2) is 10.5. The van der Waals surface area contributed by atoms with Gasteiger partial charge in [-0.2, -0.15) is 0 Å². The molecule has 4 rings (SSSR count). The first-order valence-electron chi connectivity index (χ1n) is 11.8. The van der Waals surface area contributed by atoms with Gasteiger partial charge in [0.15, 0.2) is 0 Å². The van der Waals surface area contributed by atoms with Gasteiger partial charge in [0, 0.05) is 75.7 Å². The molecule has 1 aromatic heterocycles. The molecule has 0 spiro atoms. The zero-order valence-corrected chi connectivity index (χ0v) is 19.4. The highest BCUT2D eigenvalue weighted by molar-refractivity contribution is 5.98. The van der Waals surface area contributed by atoms with E-state index in [1.807, 2.05) is 12.1 Å². The fourth-order valence-electron chi connectivity index (χ4n) is 5.19. The Balaban J connectivity index is 1.35. The van der Waals surface area contributed by atoms with Crippen molar-refractivity contribution in [1.82, 2.24) is 25.0 Å². The Morgan fingerprint density at radius 1 is 1.19 bits per heavy atom. The number of aromatic nitrogens is 1. The van der Waals surface area contributed by atoms with E-state index < -0.39 is 0 Å². The Morgan fingerprint density at radius 2 is 2.00 bits per heavy atom. The smallest absolute Gasteiger partial charge is 0.234 e. The zero-order valence-electron chi connectivity index (χ0n) is 19.4. The van der Waals surface area contributed by atoms with Crippen molar-refractivity contribution in [1.29, 1.82) is 5.41 Å². The number of hydrogen-bond donors (Lipinski definition) is 2. The number of amides is 1. The lowest BCUT2D eigenvalue weighted by Gasteiger charge is -2.37. The molecule has 1 amide bonds. The molecule has 2 aliphatic rings. The molecule has 2 atom stereocenters. The zero-order chi connectivity index (χ0) is 22.5. The van der Waals surface area contributed by atoms with Crippen LogP contribution < -0.4 is 5.32 Å². The number of carbonyl (C=O) groups is 1. The largest absolute Gasteiger partial charge is 0.354 e. The predicted octanol–water partition coefficient (Wildman–Crippen LogP) is 2.02. The van der Waals surface area contributed by atoms with Crippen molar-refractivity contribution in [3.63, 3.8) is 0 Å². The van der Waals surface area contributed by atoms with Gasteiger partial charge in [-0.15, -0.1) is 0 Å². The van der Waals surface area contributed by atoms with Crippen LogP contribution in [0.25, 0.3) is 10.9 Å². The van der Waals surface area contributed by atoms with Gasteiger partial charge >= 0.3 is 0 Å². The second-order valence-electron chi connectivity index (χ2n) is 9.51. The highest BCUT2D eigenvalue weighted by Crippen LogP contribution is 2.34. The van der Waals surface area contributed by atoms with Crippen molar-refractivity contribution in [2.45, 2.75) is 19.3 Å². The van der Waals surface area contributed by atoms with Gasteiger partial charge in [0.05, 0.1) is 12.1 Å². The molecule has 0 unspecified atom stereocenters. The number of rotatable bonds is 7. The van der Waals surface area contributed by atoms with Crippen LogP contribution in [0, 0.1) is 11.3 Å². The van der Waals surface area contributed by atoms with E-state index in [2.05, 4.69) is 51.1 Å². The van der Waals surface area contributed by atoms with Gasteiger partial charge in [-0.25, -0.2) is 0 Å². The molecule has 7 heteroatoms. The lowest BCUT2D eigenvalue weighted by molar-refractivity contribution is -0.122. The summed E-state index contributed by atoms with van der Waals surface area (Å²) in [4.78, 5) is 24.2. The van der Waals surface area contributed by atoms with Crippen LogP contribution in [0.3, 0.4) is 0 Å². The van der Waals surface area contributed by atoms with E-state index in [0.29, 0.717) is 18.4 Å². The number of hydrogen-bond acceptors (Lipinski definition) is 6. The molecule has 2 aromatic rings. The number of pyridine rings is 1. The van der Waals surface area contributed by atoms with Crippen molar-refractivity contribution < 1.29 is 4.79 Å². The molecule has 0 bridgehead atoms. The molecule has 172 valence electrons. The lowest BCUT2D eigenvalue weighted by atomic mass is 9.83. The van der Waals surface area contributed by atoms with Crippen LogP contribution in [-0.4, -0.2) is 97.8 Å². The third kappa shape index (κ3) is 5.52. The minimum absolute atomic E-state index is 0.123. The Labute approximate surface area is 191 Å². The summed E-state index contributed by atoms with van der Waals surface area (Å²) >= 11 is 0. The van der Waals surface area contributed by atoms with Crippen LogP contribution in [0.1, 0.15) is 30.4 Å². The van der Waals surface area contributed by atoms with E-state index >= 15 is 0 Å². The highest BCUT2D eigenvalue weighted by Gasteiger charge is 2.28. The van der Waals surface area contributed by atoms with Gasteiger partial charge < -0.3 is 15.6 Å². The molecule has 2 aliphatic heterocycles. The van der Waals surface area contributed by atoms with Gasteiger partial charge in [-0.1, -0.05) is 25.1 Å².